The number of anilines is 1. The molecule has 0 aliphatic carbocycles. The Bertz CT molecular complexity index is 841. The Balaban J connectivity index is 1.40. The topological polar surface area (TPSA) is 19.4 Å². The van der Waals surface area contributed by atoms with E-state index in [0.717, 1.165) is 43.9 Å². The molecule has 0 spiro atoms. The van der Waals surface area contributed by atoms with E-state index in [1.807, 2.05) is 18.2 Å². The highest BCUT2D eigenvalue weighted by Gasteiger charge is 2.18. The molecular formula is C20H19ClN3. The van der Waals surface area contributed by atoms with Gasteiger partial charge in [0.15, 0.2) is 0 Å². The number of hydrogen-bond donors (Lipinski definition) is 0. The van der Waals surface area contributed by atoms with E-state index in [0.29, 0.717) is 5.02 Å². The maximum atomic E-state index is 6.05. The van der Waals surface area contributed by atoms with Gasteiger partial charge < -0.3 is 4.90 Å². The minimum atomic E-state index is 0.676. The average Bonchev–Trinajstić information content (AvgIpc) is 2.62. The van der Waals surface area contributed by atoms with Gasteiger partial charge in [-0.15, -0.1) is 0 Å². The van der Waals surface area contributed by atoms with Crippen molar-refractivity contribution in [1.29, 1.82) is 0 Å². The number of para-hydroxylation sites is 1. The zero-order chi connectivity index (χ0) is 16.4. The fourth-order valence-electron chi connectivity index (χ4n) is 3.21. The van der Waals surface area contributed by atoms with Crippen LogP contribution in [0, 0.1) is 6.07 Å². The molecule has 121 valence electrons. The Morgan fingerprint density at radius 2 is 1.83 bits per heavy atom. The SMILES string of the molecule is Clc1[c]ccc(N2CCN(Cc3ccc4ccccc4n3)CC2)c1. The van der Waals surface area contributed by atoms with Crippen molar-refractivity contribution in [3.8, 4) is 0 Å². The molecule has 0 amide bonds. The summed E-state index contributed by atoms with van der Waals surface area (Å²) in [5.74, 6) is 0. The average molecular weight is 337 g/mol. The fraction of sp³-hybridized carbons (Fsp3) is 0.250. The molecule has 2 heterocycles. The molecule has 4 heteroatoms. The summed E-state index contributed by atoms with van der Waals surface area (Å²) in [6.07, 6.45) is 0. The van der Waals surface area contributed by atoms with E-state index < -0.39 is 0 Å². The van der Waals surface area contributed by atoms with Gasteiger partial charge in [-0.2, -0.15) is 0 Å². The fourth-order valence-corrected chi connectivity index (χ4v) is 3.39. The van der Waals surface area contributed by atoms with E-state index in [1.165, 1.54) is 11.1 Å². The van der Waals surface area contributed by atoms with Crippen LogP contribution in [0.2, 0.25) is 5.02 Å². The first-order valence-corrected chi connectivity index (χ1v) is 8.65. The van der Waals surface area contributed by atoms with E-state index >= 15 is 0 Å². The summed E-state index contributed by atoms with van der Waals surface area (Å²) in [5.41, 5.74) is 3.39. The maximum absolute atomic E-state index is 6.05. The van der Waals surface area contributed by atoms with Gasteiger partial charge >= 0.3 is 0 Å². The number of nitrogens with zero attached hydrogens (tertiary/aromatic N) is 3. The molecule has 1 aromatic heterocycles. The number of fused-ring (bicyclic) bond motifs is 1. The van der Waals surface area contributed by atoms with Gasteiger partial charge in [0.1, 0.15) is 0 Å². The van der Waals surface area contributed by atoms with Crippen LogP contribution in [-0.4, -0.2) is 36.1 Å². The second-order valence-corrected chi connectivity index (χ2v) is 6.56. The van der Waals surface area contributed by atoms with Crippen LogP contribution < -0.4 is 4.90 Å². The summed E-state index contributed by atoms with van der Waals surface area (Å²) in [5, 5.41) is 1.87. The van der Waals surface area contributed by atoms with Crippen LogP contribution in [0.25, 0.3) is 10.9 Å². The number of piperazine rings is 1. The monoisotopic (exact) mass is 336 g/mol. The van der Waals surface area contributed by atoms with Crippen LogP contribution in [0.1, 0.15) is 5.69 Å². The number of aromatic nitrogens is 1. The molecule has 3 nitrogen and oxygen atoms in total. The molecule has 0 unspecified atom stereocenters. The lowest BCUT2D eigenvalue weighted by atomic mass is 10.2. The summed E-state index contributed by atoms with van der Waals surface area (Å²) in [4.78, 5) is 9.62. The minimum absolute atomic E-state index is 0.676. The Kier molecular flexibility index (Phi) is 4.37. The lowest BCUT2D eigenvalue weighted by Gasteiger charge is -2.36. The number of benzene rings is 2. The van der Waals surface area contributed by atoms with Gasteiger partial charge in [-0.25, -0.2) is 0 Å². The van der Waals surface area contributed by atoms with Crippen molar-refractivity contribution >= 4 is 28.2 Å². The minimum Gasteiger partial charge on any atom is -0.369 e. The van der Waals surface area contributed by atoms with Gasteiger partial charge in [0, 0.05) is 49.9 Å². The van der Waals surface area contributed by atoms with Crippen LogP contribution in [0.5, 0.6) is 0 Å². The molecule has 2 aromatic carbocycles. The number of halogens is 1. The summed E-state index contributed by atoms with van der Waals surface area (Å²) in [6.45, 7) is 4.99. The normalized spacial score (nSPS) is 15.8. The van der Waals surface area contributed by atoms with Crippen molar-refractivity contribution < 1.29 is 0 Å². The van der Waals surface area contributed by atoms with E-state index in [-0.39, 0.29) is 0 Å². The Labute approximate surface area is 147 Å². The van der Waals surface area contributed by atoms with Crippen LogP contribution in [0.15, 0.2) is 54.6 Å². The molecule has 4 rings (SSSR count). The predicted octanol–water partition coefficient (Wildman–Crippen LogP) is 4.01. The van der Waals surface area contributed by atoms with Gasteiger partial charge in [-0.1, -0.05) is 41.9 Å². The summed E-state index contributed by atoms with van der Waals surface area (Å²) in [6, 6.07) is 21.5. The third kappa shape index (κ3) is 3.37. The van der Waals surface area contributed by atoms with Crippen LogP contribution in [0.4, 0.5) is 5.69 Å². The molecule has 0 N–H and O–H groups in total. The molecule has 0 atom stereocenters. The molecule has 1 aliphatic heterocycles. The first-order valence-electron chi connectivity index (χ1n) is 8.27. The maximum Gasteiger partial charge on any atom is 0.0705 e. The first kappa shape index (κ1) is 15.4. The smallest absolute Gasteiger partial charge is 0.0705 e. The Morgan fingerprint density at radius 3 is 2.67 bits per heavy atom. The molecule has 3 aromatic rings. The van der Waals surface area contributed by atoms with Gasteiger partial charge in [0.05, 0.1) is 16.2 Å². The standard InChI is InChI=1S/C20H19ClN3/c21-17-5-3-6-19(14-17)24-12-10-23(11-13-24)15-18-9-8-16-4-1-2-7-20(16)22-18/h1-4,6-9,14H,10-13,15H2. The number of pyridine rings is 1. The van der Waals surface area contributed by atoms with Gasteiger partial charge in [-0.05, 0) is 24.3 Å². The molecule has 1 aliphatic rings. The van der Waals surface area contributed by atoms with Crippen molar-refractivity contribution in [3.63, 3.8) is 0 Å². The molecule has 1 saturated heterocycles. The van der Waals surface area contributed by atoms with Gasteiger partial charge in [0.25, 0.3) is 0 Å². The van der Waals surface area contributed by atoms with E-state index in [9.17, 15) is 0 Å². The van der Waals surface area contributed by atoms with Crippen molar-refractivity contribution in [2.24, 2.45) is 0 Å². The van der Waals surface area contributed by atoms with Crippen molar-refractivity contribution in [2.75, 3.05) is 31.1 Å². The summed E-state index contributed by atoms with van der Waals surface area (Å²) < 4.78 is 0. The van der Waals surface area contributed by atoms with E-state index in [2.05, 4.69) is 52.3 Å². The van der Waals surface area contributed by atoms with Crippen LogP contribution >= 0.6 is 11.6 Å². The third-order valence-electron chi connectivity index (χ3n) is 4.53. The zero-order valence-corrected chi connectivity index (χ0v) is 14.2. The molecule has 1 radical (unpaired) electrons. The molecular weight excluding hydrogens is 318 g/mol. The van der Waals surface area contributed by atoms with Crippen molar-refractivity contribution in [2.45, 2.75) is 6.54 Å². The third-order valence-corrected chi connectivity index (χ3v) is 4.75. The molecule has 1 fully saturated rings. The lowest BCUT2D eigenvalue weighted by molar-refractivity contribution is 0.247. The van der Waals surface area contributed by atoms with Crippen LogP contribution in [0.3, 0.4) is 0 Å². The lowest BCUT2D eigenvalue weighted by Crippen LogP contribution is -2.46. The highest BCUT2D eigenvalue weighted by molar-refractivity contribution is 6.30. The predicted molar refractivity (Wildman–Crippen MR) is 99.5 cm³/mol. The highest BCUT2D eigenvalue weighted by atomic mass is 35.5. The van der Waals surface area contributed by atoms with Crippen molar-refractivity contribution in [3.05, 3.63) is 71.4 Å². The summed E-state index contributed by atoms with van der Waals surface area (Å²) in [7, 11) is 0. The Morgan fingerprint density at radius 1 is 1.00 bits per heavy atom. The molecule has 0 bridgehead atoms. The quantitative estimate of drug-likeness (QED) is 0.720. The number of hydrogen-bond acceptors (Lipinski definition) is 3. The second kappa shape index (κ2) is 6.80. The number of rotatable bonds is 3. The summed E-state index contributed by atoms with van der Waals surface area (Å²) >= 11 is 6.05. The Hall–Kier alpha value is -2.10. The zero-order valence-electron chi connectivity index (χ0n) is 13.5. The molecule has 0 saturated carbocycles. The van der Waals surface area contributed by atoms with Crippen LogP contribution in [-0.2, 0) is 6.54 Å². The van der Waals surface area contributed by atoms with Gasteiger partial charge in [-0.3, -0.25) is 9.88 Å². The first-order chi connectivity index (χ1) is 11.8. The van der Waals surface area contributed by atoms with E-state index in [1.54, 1.807) is 0 Å². The second-order valence-electron chi connectivity index (χ2n) is 6.15. The van der Waals surface area contributed by atoms with Gasteiger partial charge in [0.2, 0.25) is 0 Å². The molecule has 24 heavy (non-hydrogen) atoms. The largest absolute Gasteiger partial charge is 0.369 e. The highest BCUT2D eigenvalue weighted by Crippen LogP contribution is 2.21. The van der Waals surface area contributed by atoms with Crippen molar-refractivity contribution in [1.82, 2.24) is 9.88 Å². The van der Waals surface area contributed by atoms with E-state index in [4.69, 9.17) is 16.6 Å².